The Morgan fingerprint density at radius 3 is 2.38 bits per heavy atom. The molecule has 2 aromatic heterocycles. The minimum atomic E-state index is -1.30. The molecule has 1 aromatic carbocycles. The normalized spacial score (nSPS) is 16.4. The summed E-state index contributed by atoms with van der Waals surface area (Å²) < 4.78 is 22.0. The van der Waals surface area contributed by atoms with Crippen LogP contribution in [0.15, 0.2) is 35.5 Å². The van der Waals surface area contributed by atoms with Crippen LogP contribution in [0.4, 0.5) is 16.0 Å². The number of ether oxygens (including phenoxy) is 1. The molecule has 3 heterocycles. The summed E-state index contributed by atoms with van der Waals surface area (Å²) in [5, 5.41) is 9.49. The van der Waals surface area contributed by atoms with Crippen molar-refractivity contribution < 1.29 is 19.0 Å². The Bertz CT molecular complexity index is 1250. The molecule has 0 radical (unpaired) electrons. The van der Waals surface area contributed by atoms with Crippen LogP contribution >= 0.6 is 0 Å². The number of carboxylic acid groups (broad SMARTS) is 1. The fraction of sp³-hybridized carbons (Fsp3) is 0.364. The Labute approximate surface area is 182 Å². The van der Waals surface area contributed by atoms with Gasteiger partial charge in [0.05, 0.1) is 30.7 Å². The lowest BCUT2D eigenvalue weighted by molar-refractivity contribution is 0.0695. The van der Waals surface area contributed by atoms with Crippen molar-refractivity contribution in [2.45, 2.75) is 18.9 Å². The molecule has 2 fully saturated rings. The van der Waals surface area contributed by atoms with Gasteiger partial charge < -0.3 is 24.2 Å². The van der Waals surface area contributed by atoms with E-state index < -0.39 is 17.2 Å². The number of carboxylic acids is 1. The second-order valence-corrected chi connectivity index (χ2v) is 8.03. The molecule has 1 saturated heterocycles. The lowest BCUT2D eigenvalue weighted by Crippen LogP contribution is -2.47. The molecular formula is C22H22FN5O4. The number of halogens is 1. The van der Waals surface area contributed by atoms with E-state index in [9.17, 15) is 14.7 Å². The molecule has 1 aliphatic carbocycles. The van der Waals surface area contributed by atoms with Gasteiger partial charge in [0.2, 0.25) is 11.4 Å². The predicted molar refractivity (Wildman–Crippen MR) is 116 cm³/mol. The topological polar surface area (TPSA) is 101 Å². The van der Waals surface area contributed by atoms with Gasteiger partial charge in [0.15, 0.2) is 5.75 Å². The zero-order chi connectivity index (χ0) is 22.4. The highest BCUT2D eigenvalue weighted by Gasteiger charge is 2.28. The summed E-state index contributed by atoms with van der Waals surface area (Å²) >= 11 is 0. The van der Waals surface area contributed by atoms with E-state index in [0.717, 1.165) is 12.8 Å². The fourth-order valence-corrected chi connectivity index (χ4v) is 4.13. The monoisotopic (exact) mass is 439 g/mol. The van der Waals surface area contributed by atoms with Crippen molar-refractivity contribution in [3.05, 3.63) is 52.3 Å². The number of hydrogen-bond donors (Lipinski definition) is 1. The van der Waals surface area contributed by atoms with Crippen LogP contribution in [-0.4, -0.2) is 58.9 Å². The maximum atomic E-state index is 15.1. The van der Waals surface area contributed by atoms with Crippen molar-refractivity contribution in [2.24, 2.45) is 0 Å². The highest BCUT2D eigenvalue weighted by atomic mass is 19.1. The van der Waals surface area contributed by atoms with Gasteiger partial charge in [0.25, 0.3) is 0 Å². The summed E-state index contributed by atoms with van der Waals surface area (Å²) in [5.74, 6) is -0.659. The van der Waals surface area contributed by atoms with Crippen LogP contribution in [0.5, 0.6) is 5.75 Å². The number of nitrogens with zero attached hydrogens (tertiary/aromatic N) is 5. The van der Waals surface area contributed by atoms with E-state index in [1.165, 1.54) is 12.3 Å². The number of benzene rings is 1. The molecule has 0 atom stereocenters. The van der Waals surface area contributed by atoms with Crippen molar-refractivity contribution in [1.82, 2.24) is 14.5 Å². The summed E-state index contributed by atoms with van der Waals surface area (Å²) in [6.45, 7) is 2.33. The number of aromatic nitrogens is 3. The average Bonchev–Trinajstić information content (AvgIpc) is 3.65. The van der Waals surface area contributed by atoms with E-state index in [0.29, 0.717) is 49.1 Å². The van der Waals surface area contributed by atoms with Gasteiger partial charge in [0.1, 0.15) is 11.4 Å². The summed E-state index contributed by atoms with van der Waals surface area (Å²) in [4.78, 5) is 36.7. The smallest absolute Gasteiger partial charge is 0.341 e. The molecule has 166 valence electrons. The third kappa shape index (κ3) is 3.51. The maximum Gasteiger partial charge on any atom is 0.341 e. The first-order valence-electron chi connectivity index (χ1n) is 10.4. The number of methoxy groups -OCH3 is 1. The van der Waals surface area contributed by atoms with Gasteiger partial charge >= 0.3 is 5.97 Å². The molecule has 0 spiro atoms. The Morgan fingerprint density at radius 2 is 1.78 bits per heavy atom. The number of fused-ring (bicyclic) bond motifs is 1. The van der Waals surface area contributed by atoms with Gasteiger partial charge in [0, 0.05) is 43.8 Å². The van der Waals surface area contributed by atoms with E-state index in [-0.39, 0.29) is 17.0 Å². The van der Waals surface area contributed by atoms with Crippen molar-refractivity contribution in [1.29, 1.82) is 0 Å². The van der Waals surface area contributed by atoms with Gasteiger partial charge in [-0.05, 0) is 25.0 Å². The van der Waals surface area contributed by atoms with Gasteiger partial charge in [-0.3, -0.25) is 4.79 Å². The van der Waals surface area contributed by atoms with Crippen LogP contribution in [0.3, 0.4) is 0 Å². The quantitative estimate of drug-likeness (QED) is 0.646. The molecule has 1 aliphatic heterocycles. The third-order valence-electron chi connectivity index (χ3n) is 6.02. The van der Waals surface area contributed by atoms with Gasteiger partial charge in [-0.2, -0.15) is 0 Å². The third-order valence-corrected chi connectivity index (χ3v) is 6.02. The Hall–Kier alpha value is -3.69. The second kappa shape index (κ2) is 7.77. The Balaban J connectivity index is 1.45. The molecule has 32 heavy (non-hydrogen) atoms. The summed E-state index contributed by atoms with van der Waals surface area (Å²) in [6.07, 6.45) is 6.43. The van der Waals surface area contributed by atoms with Crippen molar-refractivity contribution in [3.8, 4) is 5.75 Å². The number of anilines is 2. The molecule has 3 aromatic rings. The predicted octanol–water partition coefficient (Wildman–Crippen LogP) is 2.30. The van der Waals surface area contributed by atoms with Gasteiger partial charge in [-0.1, -0.05) is 0 Å². The maximum absolute atomic E-state index is 15.1. The molecule has 5 rings (SSSR count). The van der Waals surface area contributed by atoms with Crippen molar-refractivity contribution in [3.63, 3.8) is 0 Å². The van der Waals surface area contributed by atoms with Crippen LogP contribution in [-0.2, 0) is 0 Å². The Morgan fingerprint density at radius 1 is 1.12 bits per heavy atom. The number of hydrogen-bond acceptors (Lipinski definition) is 7. The molecule has 10 heteroatoms. The minimum Gasteiger partial charge on any atom is -0.494 e. The van der Waals surface area contributed by atoms with E-state index in [1.54, 1.807) is 25.6 Å². The first-order chi connectivity index (χ1) is 15.5. The number of pyridine rings is 1. The van der Waals surface area contributed by atoms with Crippen molar-refractivity contribution >= 4 is 28.5 Å². The van der Waals surface area contributed by atoms with Crippen LogP contribution < -0.4 is 20.0 Å². The molecule has 2 aliphatic rings. The molecule has 1 saturated carbocycles. The largest absolute Gasteiger partial charge is 0.494 e. The minimum absolute atomic E-state index is 0.100. The zero-order valence-corrected chi connectivity index (χ0v) is 17.5. The Kier molecular flexibility index (Phi) is 4.91. The van der Waals surface area contributed by atoms with E-state index in [1.807, 2.05) is 14.4 Å². The molecule has 1 N–H and O–H groups in total. The SMILES string of the molecule is COc1cnc(N2CCN(c3cc4c(cc3F)c(=O)c(C(=O)O)cn4C3CC3)CC2)nc1. The summed E-state index contributed by atoms with van der Waals surface area (Å²) in [5.41, 5.74) is -0.00882. The van der Waals surface area contributed by atoms with Crippen LogP contribution in [0.2, 0.25) is 0 Å². The second-order valence-electron chi connectivity index (χ2n) is 8.03. The van der Waals surface area contributed by atoms with E-state index >= 15 is 4.39 Å². The van der Waals surface area contributed by atoms with Crippen LogP contribution in [0, 0.1) is 5.82 Å². The van der Waals surface area contributed by atoms with E-state index in [4.69, 9.17) is 4.74 Å². The van der Waals surface area contributed by atoms with Crippen LogP contribution in [0.1, 0.15) is 29.2 Å². The number of carbonyl (C=O) groups is 1. The molecule has 0 unspecified atom stereocenters. The number of aromatic carboxylic acids is 1. The zero-order valence-electron chi connectivity index (χ0n) is 17.5. The summed E-state index contributed by atoms with van der Waals surface area (Å²) in [7, 11) is 1.56. The highest BCUT2D eigenvalue weighted by Crippen LogP contribution is 2.38. The van der Waals surface area contributed by atoms with E-state index in [2.05, 4.69) is 9.97 Å². The van der Waals surface area contributed by atoms with Gasteiger partial charge in [-0.15, -0.1) is 0 Å². The van der Waals surface area contributed by atoms with Crippen LogP contribution in [0.25, 0.3) is 10.9 Å². The molecular weight excluding hydrogens is 417 g/mol. The number of rotatable bonds is 5. The summed E-state index contributed by atoms with van der Waals surface area (Å²) in [6, 6.07) is 2.99. The van der Waals surface area contributed by atoms with Gasteiger partial charge in [-0.25, -0.2) is 19.2 Å². The molecule has 0 bridgehead atoms. The highest BCUT2D eigenvalue weighted by molar-refractivity contribution is 5.93. The first-order valence-corrected chi connectivity index (χ1v) is 10.4. The standard InChI is InChI=1S/C22H22FN5O4/c1-32-14-10-24-22(25-11-14)27-6-4-26(5-7-27)19-9-18-15(8-17(19)23)20(29)16(21(30)31)12-28(18)13-2-3-13/h8-13H,2-7H2,1H3,(H,30,31). The number of piperazine rings is 1. The lowest BCUT2D eigenvalue weighted by Gasteiger charge is -2.36. The first kappa shape index (κ1) is 20.2. The average molecular weight is 439 g/mol. The molecule has 9 nitrogen and oxygen atoms in total. The molecule has 0 amide bonds. The lowest BCUT2D eigenvalue weighted by atomic mass is 10.1. The fourth-order valence-electron chi connectivity index (χ4n) is 4.13. The van der Waals surface area contributed by atoms with Crippen molar-refractivity contribution in [2.75, 3.05) is 43.1 Å².